The Labute approximate surface area is 146 Å². The lowest BCUT2D eigenvalue weighted by atomic mass is 10.1. The zero-order valence-corrected chi connectivity index (χ0v) is 16.1. The average Bonchev–Trinajstić information content (AvgIpc) is 3.15. The number of furan rings is 1. The Hall–Kier alpha value is -1.64. The van der Waals surface area contributed by atoms with Crippen LogP contribution in [-0.4, -0.2) is 50.7 Å². The topological polar surface area (TPSA) is 70.8 Å². The van der Waals surface area contributed by atoms with E-state index < -0.39 is 10.0 Å². The van der Waals surface area contributed by atoms with Gasteiger partial charge in [-0.3, -0.25) is 4.79 Å². The van der Waals surface area contributed by atoms with E-state index >= 15 is 0 Å². The van der Waals surface area contributed by atoms with E-state index in [0.717, 1.165) is 10.7 Å². The van der Waals surface area contributed by atoms with Crippen LogP contribution in [0.1, 0.15) is 28.8 Å². The van der Waals surface area contributed by atoms with Crippen LogP contribution in [0, 0.1) is 6.92 Å². The molecular formula is C16H22N2O4S2. The fourth-order valence-corrected chi connectivity index (χ4v) is 4.02. The standard InChI is InChI=1S/C16H22N2O4S2/c1-11(8-13-6-7-23-10-13)18(5)16(19)14-9-15(12(2)22-14)24(20,21)17(3)4/h6-7,9-11H,8H2,1-5H3. The molecule has 2 rings (SSSR count). The van der Waals surface area contributed by atoms with Crippen molar-refractivity contribution in [3.05, 3.63) is 40.0 Å². The summed E-state index contributed by atoms with van der Waals surface area (Å²) in [6, 6.07) is 3.30. The van der Waals surface area contributed by atoms with E-state index in [0.29, 0.717) is 0 Å². The van der Waals surface area contributed by atoms with Crippen LogP contribution >= 0.6 is 11.3 Å². The predicted molar refractivity (Wildman–Crippen MR) is 93.9 cm³/mol. The lowest BCUT2D eigenvalue weighted by Crippen LogP contribution is -2.36. The number of carbonyl (C=O) groups excluding carboxylic acids is 1. The Bertz CT molecular complexity index is 807. The van der Waals surface area contributed by atoms with Crippen molar-refractivity contribution in [2.24, 2.45) is 0 Å². The summed E-state index contributed by atoms with van der Waals surface area (Å²) in [7, 11) is 0.940. The monoisotopic (exact) mass is 370 g/mol. The molecule has 0 aliphatic heterocycles. The number of hydrogen-bond acceptors (Lipinski definition) is 5. The first-order valence-electron chi connectivity index (χ1n) is 7.45. The molecule has 0 spiro atoms. The second kappa shape index (κ2) is 7.08. The van der Waals surface area contributed by atoms with Gasteiger partial charge in [0.25, 0.3) is 5.91 Å². The molecule has 1 unspecified atom stereocenters. The normalized spacial score (nSPS) is 13.2. The largest absolute Gasteiger partial charge is 0.455 e. The third kappa shape index (κ3) is 3.71. The first-order valence-corrected chi connectivity index (χ1v) is 9.84. The maximum atomic E-state index is 12.6. The quantitative estimate of drug-likeness (QED) is 0.784. The zero-order valence-electron chi connectivity index (χ0n) is 14.4. The van der Waals surface area contributed by atoms with Crippen molar-refractivity contribution in [1.29, 1.82) is 0 Å². The van der Waals surface area contributed by atoms with Crippen LogP contribution in [0.25, 0.3) is 0 Å². The highest BCUT2D eigenvalue weighted by Gasteiger charge is 2.28. The zero-order chi connectivity index (χ0) is 18.1. The minimum absolute atomic E-state index is 0.0229. The van der Waals surface area contributed by atoms with Gasteiger partial charge in [0.1, 0.15) is 10.7 Å². The first kappa shape index (κ1) is 18.7. The number of sulfonamides is 1. The average molecular weight is 370 g/mol. The van der Waals surface area contributed by atoms with Crippen LogP contribution in [0.4, 0.5) is 0 Å². The molecule has 0 saturated heterocycles. The van der Waals surface area contributed by atoms with Crippen molar-refractivity contribution < 1.29 is 17.6 Å². The van der Waals surface area contributed by atoms with Gasteiger partial charge in [-0.1, -0.05) is 0 Å². The van der Waals surface area contributed by atoms with Gasteiger partial charge in [0.2, 0.25) is 10.0 Å². The summed E-state index contributed by atoms with van der Waals surface area (Å²) in [5, 5.41) is 4.05. The van der Waals surface area contributed by atoms with Gasteiger partial charge >= 0.3 is 0 Å². The molecule has 0 fully saturated rings. The number of likely N-dealkylation sites (N-methyl/N-ethyl adjacent to an activating group) is 1. The van der Waals surface area contributed by atoms with E-state index in [9.17, 15) is 13.2 Å². The maximum absolute atomic E-state index is 12.6. The summed E-state index contributed by atoms with van der Waals surface area (Å²) in [6.45, 7) is 3.49. The van der Waals surface area contributed by atoms with Crippen LogP contribution in [0.5, 0.6) is 0 Å². The Morgan fingerprint density at radius 2 is 2.00 bits per heavy atom. The molecule has 0 aromatic carbocycles. The first-order chi connectivity index (χ1) is 11.1. The van der Waals surface area contributed by atoms with Gasteiger partial charge in [-0.25, -0.2) is 12.7 Å². The number of hydrogen-bond donors (Lipinski definition) is 0. The van der Waals surface area contributed by atoms with Crippen molar-refractivity contribution in [2.45, 2.75) is 31.2 Å². The van der Waals surface area contributed by atoms with Crippen molar-refractivity contribution in [1.82, 2.24) is 9.21 Å². The molecule has 24 heavy (non-hydrogen) atoms. The van der Waals surface area contributed by atoms with Crippen molar-refractivity contribution >= 4 is 27.3 Å². The SMILES string of the molecule is Cc1oc(C(=O)N(C)C(C)Cc2ccsc2)cc1S(=O)(=O)N(C)C. The molecule has 1 atom stereocenters. The molecule has 132 valence electrons. The highest BCUT2D eigenvalue weighted by Crippen LogP contribution is 2.24. The third-order valence-corrected chi connectivity index (χ3v) is 6.59. The molecule has 0 radical (unpaired) electrons. The minimum atomic E-state index is -3.64. The second-order valence-corrected chi connectivity index (χ2v) is 8.82. The fourth-order valence-electron chi connectivity index (χ4n) is 2.28. The van der Waals surface area contributed by atoms with E-state index in [1.807, 2.05) is 23.8 Å². The van der Waals surface area contributed by atoms with Gasteiger partial charge < -0.3 is 9.32 Å². The number of amides is 1. The molecule has 0 aliphatic rings. The molecule has 0 N–H and O–H groups in total. The Balaban J connectivity index is 2.21. The molecule has 2 heterocycles. The predicted octanol–water partition coefficient (Wildman–Crippen LogP) is 2.60. The lowest BCUT2D eigenvalue weighted by molar-refractivity contribution is 0.0710. The minimum Gasteiger partial charge on any atom is -0.455 e. The molecule has 0 saturated carbocycles. The molecular weight excluding hydrogens is 348 g/mol. The summed E-state index contributed by atoms with van der Waals surface area (Å²) >= 11 is 1.62. The van der Waals surface area contributed by atoms with Crippen LogP contribution < -0.4 is 0 Å². The Morgan fingerprint density at radius 3 is 2.54 bits per heavy atom. The highest BCUT2D eigenvalue weighted by molar-refractivity contribution is 7.89. The summed E-state index contributed by atoms with van der Waals surface area (Å²) < 4.78 is 31.0. The van der Waals surface area contributed by atoms with E-state index in [-0.39, 0.29) is 28.4 Å². The Morgan fingerprint density at radius 1 is 1.33 bits per heavy atom. The van der Waals surface area contributed by atoms with Crippen LogP contribution in [0.15, 0.2) is 32.2 Å². The molecule has 1 amide bonds. The van der Waals surface area contributed by atoms with E-state index in [1.165, 1.54) is 25.7 Å². The van der Waals surface area contributed by atoms with Crippen LogP contribution in [0.3, 0.4) is 0 Å². The summed E-state index contributed by atoms with van der Waals surface area (Å²) in [4.78, 5) is 14.2. The fraction of sp³-hybridized carbons (Fsp3) is 0.438. The lowest BCUT2D eigenvalue weighted by Gasteiger charge is -2.23. The van der Waals surface area contributed by atoms with Gasteiger partial charge in [-0.2, -0.15) is 11.3 Å². The van der Waals surface area contributed by atoms with Gasteiger partial charge in [0, 0.05) is 33.3 Å². The van der Waals surface area contributed by atoms with E-state index in [4.69, 9.17) is 4.42 Å². The summed E-state index contributed by atoms with van der Waals surface area (Å²) in [5.74, 6) is -0.0837. The van der Waals surface area contributed by atoms with Gasteiger partial charge in [0.05, 0.1) is 0 Å². The van der Waals surface area contributed by atoms with E-state index in [2.05, 4.69) is 0 Å². The maximum Gasteiger partial charge on any atom is 0.289 e. The second-order valence-electron chi connectivity index (χ2n) is 5.92. The molecule has 0 bridgehead atoms. The summed E-state index contributed by atoms with van der Waals surface area (Å²) in [5.41, 5.74) is 1.17. The molecule has 2 aromatic heterocycles. The van der Waals surface area contributed by atoms with Crippen molar-refractivity contribution in [3.63, 3.8) is 0 Å². The number of carbonyl (C=O) groups is 1. The van der Waals surface area contributed by atoms with Gasteiger partial charge in [-0.05, 0) is 42.7 Å². The van der Waals surface area contributed by atoms with Crippen molar-refractivity contribution in [3.8, 4) is 0 Å². The van der Waals surface area contributed by atoms with Crippen LogP contribution in [0.2, 0.25) is 0 Å². The highest BCUT2D eigenvalue weighted by atomic mass is 32.2. The smallest absolute Gasteiger partial charge is 0.289 e. The molecule has 2 aromatic rings. The number of rotatable bonds is 6. The van der Waals surface area contributed by atoms with Gasteiger partial charge in [0.15, 0.2) is 5.76 Å². The number of aryl methyl sites for hydroxylation is 1. The summed E-state index contributed by atoms with van der Waals surface area (Å²) in [6.07, 6.45) is 0.730. The number of nitrogens with zero attached hydrogens (tertiary/aromatic N) is 2. The molecule has 0 aliphatic carbocycles. The Kier molecular flexibility index (Phi) is 5.52. The van der Waals surface area contributed by atoms with E-state index in [1.54, 1.807) is 30.2 Å². The molecule has 8 heteroatoms. The van der Waals surface area contributed by atoms with Crippen LogP contribution in [-0.2, 0) is 16.4 Å². The molecule has 6 nitrogen and oxygen atoms in total. The van der Waals surface area contributed by atoms with Gasteiger partial charge in [-0.15, -0.1) is 0 Å². The number of thiophene rings is 1. The third-order valence-electron chi connectivity index (χ3n) is 3.93. The van der Waals surface area contributed by atoms with Crippen molar-refractivity contribution in [2.75, 3.05) is 21.1 Å².